The van der Waals surface area contributed by atoms with Crippen LogP contribution >= 0.6 is 0 Å². The molecule has 170 valence electrons. The second-order valence-corrected chi connectivity index (χ2v) is 7.00. The normalized spacial score (nSPS) is 13.0. The van der Waals surface area contributed by atoms with Crippen LogP contribution < -0.4 is 23.7 Å². The lowest BCUT2D eigenvalue weighted by Gasteiger charge is -2.15. The lowest BCUT2D eigenvalue weighted by Crippen LogP contribution is -2.16. The Morgan fingerprint density at radius 2 is 1.39 bits per heavy atom. The van der Waals surface area contributed by atoms with Gasteiger partial charge < -0.3 is 33.9 Å². The van der Waals surface area contributed by atoms with E-state index in [-0.39, 0.29) is 6.42 Å². The van der Waals surface area contributed by atoms with E-state index in [2.05, 4.69) is 0 Å². The number of ether oxygens (including phenoxy) is 5. The Morgan fingerprint density at radius 1 is 0.774 bits per heavy atom. The van der Waals surface area contributed by atoms with Crippen LogP contribution in [0.4, 0.5) is 0 Å². The lowest BCUT2D eigenvalue weighted by molar-refractivity contribution is 0.0983. The molecule has 2 rings (SSSR count). The van der Waals surface area contributed by atoms with E-state index in [0.717, 1.165) is 11.1 Å². The second kappa shape index (κ2) is 12.1. The summed E-state index contributed by atoms with van der Waals surface area (Å²) in [5, 5.41) is 20.6. The summed E-state index contributed by atoms with van der Waals surface area (Å²) in [6.07, 6.45) is 3.37. The Bertz CT molecular complexity index is 838. The number of aliphatic hydroxyl groups excluding tert-OH is 2. The van der Waals surface area contributed by atoms with E-state index in [9.17, 15) is 10.2 Å². The topological polar surface area (TPSA) is 86.6 Å². The van der Waals surface area contributed by atoms with Crippen molar-refractivity contribution in [3.63, 3.8) is 0 Å². The van der Waals surface area contributed by atoms with Crippen LogP contribution in [0.2, 0.25) is 0 Å². The number of hydrogen-bond acceptors (Lipinski definition) is 7. The van der Waals surface area contributed by atoms with Gasteiger partial charge in [0.15, 0.2) is 23.0 Å². The number of aryl methyl sites for hydroxylation is 1. The molecule has 0 aliphatic carbocycles. The number of hydrogen-bond donors (Lipinski definition) is 2. The molecule has 0 amide bonds. The molecule has 0 fully saturated rings. The highest BCUT2D eigenvalue weighted by atomic mass is 16.5. The predicted octanol–water partition coefficient (Wildman–Crippen LogP) is 3.49. The molecule has 0 saturated heterocycles. The van der Waals surface area contributed by atoms with Gasteiger partial charge >= 0.3 is 0 Å². The standard InChI is InChI=1S/C24H32O7/c1-27-20-11-8-16(12-21(20)28-2)6-9-18(25)15-19(26)10-7-17-13-22(29-3)24(31-5)23(14-17)30-4/h7-8,10-14,18-19,25-26H,6,9,15H2,1-5H3/b10-7+/t18-,19-/m0/s1. The first kappa shape index (κ1) is 24.4. The van der Waals surface area contributed by atoms with Crippen LogP contribution in [0.3, 0.4) is 0 Å². The molecule has 2 aromatic rings. The minimum Gasteiger partial charge on any atom is -0.493 e. The molecule has 0 saturated carbocycles. The van der Waals surface area contributed by atoms with E-state index in [1.807, 2.05) is 18.2 Å². The van der Waals surface area contributed by atoms with Gasteiger partial charge in [0.05, 0.1) is 47.8 Å². The van der Waals surface area contributed by atoms with Gasteiger partial charge in [0.1, 0.15) is 0 Å². The Balaban J connectivity index is 1.95. The van der Waals surface area contributed by atoms with Crippen LogP contribution in [-0.4, -0.2) is 58.0 Å². The molecule has 0 bridgehead atoms. The van der Waals surface area contributed by atoms with Gasteiger partial charge in [-0.2, -0.15) is 0 Å². The number of aliphatic hydroxyl groups is 2. The van der Waals surface area contributed by atoms with Gasteiger partial charge in [-0.3, -0.25) is 0 Å². The summed E-state index contributed by atoms with van der Waals surface area (Å²) in [6.45, 7) is 0. The summed E-state index contributed by atoms with van der Waals surface area (Å²) >= 11 is 0. The van der Waals surface area contributed by atoms with Crippen molar-refractivity contribution in [1.82, 2.24) is 0 Å². The van der Waals surface area contributed by atoms with Crippen molar-refractivity contribution in [2.75, 3.05) is 35.5 Å². The number of rotatable bonds is 12. The minimum atomic E-state index is -0.792. The van der Waals surface area contributed by atoms with Crippen LogP contribution in [0.1, 0.15) is 24.0 Å². The zero-order chi connectivity index (χ0) is 22.8. The average Bonchev–Trinajstić information content (AvgIpc) is 2.80. The van der Waals surface area contributed by atoms with E-state index in [1.165, 1.54) is 0 Å². The van der Waals surface area contributed by atoms with Crippen LogP contribution in [0, 0.1) is 0 Å². The maximum Gasteiger partial charge on any atom is 0.203 e. The Kier molecular flexibility index (Phi) is 9.49. The fourth-order valence-corrected chi connectivity index (χ4v) is 3.26. The number of benzene rings is 2. The molecule has 0 aliphatic heterocycles. The lowest BCUT2D eigenvalue weighted by atomic mass is 10.0. The highest BCUT2D eigenvalue weighted by molar-refractivity contribution is 5.62. The molecule has 2 aromatic carbocycles. The highest BCUT2D eigenvalue weighted by Crippen LogP contribution is 2.38. The third kappa shape index (κ3) is 6.80. The third-order valence-electron chi connectivity index (χ3n) is 4.93. The average molecular weight is 433 g/mol. The molecule has 0 aromatic heterocycles. The maximum absolute atomic E-state index is 10.3. The minimum absolute atomic E-state index is 0.230. The smallest absolute Gasteiger partial charge is 0.203 e. The third-order valence-corrected chi connectivity index (χ3v) is 4.93. The van der Waals surface area contributed by atoms with E-state index in [0.29, 0.717) is 41.6 Å². The molecule has 31 heavy (non-hydrogen) atoms. The molecule has 7 nitrogen and oxygen atoms in total. The van der Waals surface area contributed by atoms with Crippen LogP contribution in [0.15, 0.2) is 36.4 Å². The van der Waals surface area contributed by atoms with Gasteiger partial charge in [0.25, 0.3) is 0 Å². The Labute approximate surface area is 183 Å². The largest absolute Gasteiger partial charge is 0.493 e. The first-order valence-corrected chi connectivity index (χ1v) is 10.0. The molecule has 0 spiro atoms. The van der Waals surface area contributed by atoms with Gasteiger partial charge in [-0.25, -0.2) is 0 Å². The molecule has 2 N–H and O–H groups in total. The molecule has 0 heterocycles. The first-order valence-electron chi connectivity index (χ1n) is 10.0. The second-order valence-electron chi connectivity index (χ2n) is 7.00. The van der Waals surface area contributed by atoms with Crippen molar-refractivity contribution < 1.29 is 33.9 Å². The predicted molar refractivity (Wildman–Crippen MR) is 120 cm³/mol. The molecule has 7 heteroatoms. The summed E-state index contributed by atoms with van der Waals surface area (Å²) < 4.78 is 26.5. The van der Waals surface area contributed by atoms with E-state index >= 15 is 0 Å². The van der Waals surface area contributed by atoms with Gasteiger partial charge in [-0.05, 0) is 48.2 Å². The van der Waals surface area contributed by atoms with Crippen molar-refractivity contribution in [1.29, 1.82) is 0 Å². The Morgan fingerprint density at radius 3 is 1.94 bits per heavy atom. The van der Waals surface area contributed by atoms with E-state index in [4.69, 9.17) is 23.7 Å². The summed E-state index contributed by atoms with van der Waals surface area (Å²) in [5.74, 6) is 2.90. The Hall–Kier alpha value is -2.90. The van der Waals surface area contributed by atoms with Crippen LogP contribution in [0.5, 0.6) is 28.7 Å². The fraction of sp³-hybridized carbons (Fsp3) is 0.417. The van der Waals surface area contributed by atoms with Crippen molar-refractivity contribution >= 4 is 6.08 Å². The van der Waals surface area contributed by atoms with Crippen molar-refractivity contribution in [2.45, 2.75) is 31.5 Å². The SMILES string of the molecule is COc1ccc(CC[C@H](O)C[C@@H](O)/C=C/c2cc(OC)c(OC)c(OC)c2)cc1OC. The fourth-order valence-electron chi connectivity index (χ4n) is 3.26. The van der Waals surface area contributed by atoms with Gasteiger partial charge in [-0.15, -0.1) is 0 Å². The van der Waals surface area contributed by atoms with Gasteiger partial charge in [0, 0.05) is 6.42 Å². The quantitative estimate of drug-likeness (QED) is 0.531. The van der Waals surface area contributed by atoms with Crippen LogP contribution in [-0.2, 0) is 6.42 Å². The number of methoxy groups -OCH3 is 5. The molecule has 2 atom stereocenters. The van der Waals surface area contributed by atoms with Crippen molar-refractivity contribution in [3.05, 3.63) is 47.5 Å². The maximum atomic E-state index is 10.3. The van der Waals surface area contributed by atoms with Crippen LogP contribution in [0.25, 0.3) is 6.08 Å². The molecule has 0 aliphatic rings. The molecule has 0 radical (unpaired) electrons. The zero-order valence-corrected chi connectivity index (χ0v) is 18.8. The first-order chi connectivity index (χ1) is 14.9. The van der Waals surface area contributed by atoms with E-state index < -0.39 is 12.2 Å². The van der Waals surface area contributed by atoms with Gasteiger partial charge in [-0.1, -0.05) is 18.2 Å². The van der Waals surface area contributed by atoms with Gasteiger partial charge in [0.2, 0.25) is 5.75 Å². The highest BCUT2D eigenvalue weighted by Gasteiger charge is 2.14. The van der Waals surface area contributed by atoms with E-state index in [1.54, 1.807) is 59.8 Å². The molecular weight excluding hydrogens is 400 g/mol. The molecule has 0 unspecified atom stereocenters. The summed E-state index contributed by atoms with van der Waals surface area (Å²) in [5.41, 5.74) is 1.81. The summed E-state index contributed by atoms with van der Waals surface area (Å²) in [6, 6.07) is 9.26. The summed E-state index contributed by atoms with van der Waals surface area (Å²) in [4.78, 5) is 0. The zero-order valence-electron chi connectivity index (χ0n) is 18.8. The summed E-state index contributed by atoms with van der Waals surface area (Å²) in [7, 11) is 7.83. The molecular formula is C24H32O7. The van der Waals surface area contributed by atoms with Crippen molar-refractivity contribution in [3.8, 4) is 28.7 Å². The van der Waals surface area contributed by atoms with Crippen molar-refractivity contribution in [2.24, 2.45) is 0 Å². The monoisotopic (exact) mass is 432 g/mol.